The maximum atomic E-state index is 12.4. The Morgan fingerprint density at radius 3 is 2.87 bits per heavy atom. The number of anilines is 1. The van der Waals surface area contributed by atoms with Crippen LogP contribution < -0.4 is 15.8 Å². The normalized spacial score (nSPS) is 12.7. The van der Waals surface area contributed by atoms with Crippen LogP contribution in [0, 0.1) is 0 Å². The van der Waals surface area contributed by atoms with E-state index in [2.05, 4.69) is 5.32 Å². The van der Waals surface area contributed by atoms with E-state index in [0.717, 1.165) is 17.7 Å². The van der Waals surface area contributed by atoms with E-state index in [1.54, 1.807) is 23.5 Å². The molecular weight excluding hydrogens is 312 g/mol. The summed E-state index contributed by atoms with van der Waals surface area (Å²) < 4.78 is 5.53. The number of primary amides is 1. The van der Waals surface area contributed by atoms with Gasteiger partial charge in [0.2, 0.25) is 5.91 Å². The fourth-order valence-corrected chi connectivity index (χ4v) is 3.73. The van der Waals surface area contributed by atoms with Crippen LogP contribution in [0.5, 0.6) is 5.75 Å². The molecule has 0 saturated heterocycles. The first-order valence-electron chi connectivity index (χ1n) is 7.56. The predicted molar refractivity (Wildman–Crippen MR) is 90.0 cm³/mol. The molecule has 1 aliphatic rings. The Kier molecular flexibility index (Phi) is 4.62. The molecule has 0 atom stereocenters. The lowest BCUT2D eigenvalue weighted by Gasteiger charge is -2.11. The first-order chi connectivity index (χ1) is 11.1. The lowest BCUT2D eigenvalue weighted by molar-refractivity contribution is -0.118. The third kappa shape index (κ3) is 3.71. The molecule has 0 radical (unpaired) electrons. The lowest BCUT2D eigenvalue weighted by atomic mass is 10.2. The molecule has 1 aliphatic carbocycles. The van der Waals surface area contributed by atoms with Crippen molar-refractivity contribution in [1.29, 1.82) is 0 Å². The second-order valence-corrected chi connectivity index (χ2v) is 6.56. The van der Waals surface area contributed by atoms with Crippen molar-refractivity contribution in [2.45, 2.75) is 25.7 Å². The van der Waals surface area contributed by atoms with Gasteiger partial charge in [-0.1, -0.05) is 12.1 Å². The minimum atomic E-state index is -0.417. The second kappa shape index (κ2) is 6.83. The van der Waals surface area contributed by atoms with Gasteiger partial charge < -0.3 is 15.8 Å². The molecule has 1 aromatic carbocycles. The van der Waals surface area contributed by atoms with Crippen molar-refractivity contribution in [1.82, 2.24) is 0 Å². The van der Waals surface area contributed by atoms with Gasteiger partial charge in [0.1, 0.15) is 5.75 Å². The smallest absolute Gasteiger partial charge is 0.265 e. The van der Waals surface area contributed by atoms with Crippen molar-refractivity contribution in [3.8, 4) is 5.75 Å². The average Bonchev–Trinajstić information content (AvgIpc) is 3.10. The Balaban J connectivity index is 1.69. The van der Waals surface area contributed by atoms with E-state index < -0.39 is 5.91 Å². The van der Waals surface area contributed by atoms with Gasteiger partial charge in [0.05, 0.1) is 23.6 Å². The van der Waals surface area contributed by atoms with Gasteiger partial charge in [0.25, 0.3) is 5.91 Å². The summed E-state index contributed by atoms with van der Waals surface area (Å²) in [7, 11) is 0. The van der Waals surface area contributed by atoms with Crippen LogP contribution in [0.15, 0.2) is 30.3 Å². The molecule has 5 nitrogen and oxygen atoms in total. The molecule has 1 heterocycles. The Morgan fingerprint density at radius 2 is 2.09 bits per heavy atom. The third-order valence-electron chi connectivity index (χ3n) is 3.71. The van der Waals surface area contributed by atoms with Crippen molar-refractivity contribution in [2.24, 2.45) is 5.73 Å². The van der Waals surface area contributed by atoms with Gasteiger partial charge in [-0.3, -0.25) is 9.59 Å². The number of nitrogens with one attached hydrogen (secondary N) is 1. The number of aryl methyl sites for hydroxylation is 2. The minimum Gasteiger partial charge on any atom is -0.491 e. The Hall–Kier alpha value is -2.34. The minimum absolute atomic E-state index is 0.129. The maximum Gasteiger partial charge on any atom is 0.265 e. The summed E-state index contributed by atoms with van der Waals surface area (Å²) in [6.07, 6.45) is 3.45. The molecule has 0 aliphatic heterocycles. The summed E-state index contributed by atoms with van der Waals surface area (Å²) in [4.78, 5) is 25.2. The van der Waals surface area contributed by atoms with Crippen LogP contribution in [0.2, 0.25) is 0 Å². The van der Waals surface area contributed by atoms with E-state index in [-0.39, 0.29) is 18.9 Å². The highest BCUT2D eigenvalue weighted by atomic mass is 32.1. The van der Waals surface area contributed by atoms with Crippen molar-refractivity contribution in [3.63, 3.8) is 0 Å². The first kappa shape index (κ1) is 15.6. The number of amides is 2. The monoisotopic (exact) mass is 330 g/mol. The summed E-state index contributed by atoms with van der Waals surface area (Å²) in [6.45, 7) is 0.190. The van der Waals surface area contributed by atoms with Gasteiger partial charge in [-0.25, -0.2) is 0 Å². The van der Waals surface area contributed by atoms with E-state index in [1.807, 2.05) is 18.2 Å². The quantitative estimate of drug-likeness (QED) is 0.854. The number of ether oxygens (including phenoxy) is 1. The SMILES string of the molecule is NC(=O)CCOc1ccccc1NC(=O)c1cc2c(s1)CCC2. The molecule has 2 amide bonds. The molecule has 1 aromatic heterocycles. The Morgan fingerprint density at radius 1 is 1.26 bits per heavy atom. The van der Waals surface area contributed by atoms with Crippen LogP contribution in [-0.2, 0) is 17.6 Å². The number of thiophene rings is 1. The molecule has 23 heavy (non-hydrogen) atoms. The molecule has 0 spiro atoms. The van der Waals surface area contributed by atoms with Gasteiger partial charge in [-0.05, 0) is 43.0 Å². The van der Waals surface area contributed by atoms with Gasteiger partial charge in [0, 0.05) is 4.88 Å². The number of hydrogen-bond acceptors (Lipinski definition) is 4. The van der Waals surface area contributed by atoms with Crippen LogP contribution >= 0.6 is 11.3 Å². The lowest BCUT2D eigenvalue weighted by Crippen LogP contribution is -2.16. The largest absolute Gasteiger partial charge is 0.491 e. The average molecular weight is 330 g/mol. The molecule has 6 heteroatoms. The zero-order valence-corrected chi connectivity index (χ0v) is 13.4. The van der Waals surface area contributed by atoms with Crippen LogP contribution in [0.4, 0.5) is 5.69 Å². The summed E-state index contributed by atoms with van der Waals surface area (Å²) in [5.74, 6) is -0.0128. The Labute approximate surface area is 138 Å². The van der Waals surface area contributed by atoms with Crippen LogP contribution in [0.25, 0.3) is 0 Å². The highest BCUT2D eigenvalue weighted by Crippen LogP contribution is 2.32. The van der Waals surface area contributed by atoms with E-state index >= 15 is 0 Å². The van der Waals surface area contributed by atoms with Crippen LogP contribution in [0.3, 0.4) is 0 Å². The van der Waals surface area contributed by atoms with E-state index in [1.165, 1.54) is 16.9 Å². The second-order valence-electron chi connectivity index (χ2n) is 5.43. The van der Waals surface area contributed by atoms with Crippen molar-refractivity contribution in [3.05, 3.63) is 45.6 Å². The number of para-hydroxylation sites is 2. The zero-order valence-electron chi connectivity index (χ0n) is 12.6. The van der Waals surface area contributed by atoms with E-state index in [4.69, 9.17) is 10.5 Å². The summed E-state index contributed by atoms with van der Waals surface area (Å²) in [5, 5.41) is 2.88. The molecule has 120 valence electrons. The number of benzene rings is 1. The van der Waals surface area contributed by atoms with Crippen molar-refractivity contribution >= 4 is 28.8 Å². The Bertz CT molecular complexity index is 718. The van der Waals surface area contributed by atoms with Gasteiger partial charge in [-0.2, -0.15) is 0 Å². The highest BCUT2D eigenvalue weighted by Gasteiger charge is 2.19. The number of carbonyl (C=O) groups excluding carboxylic acids is 2. The van der Waals surface area contributed by atoms with Crippen molar-refractivity contribution < 1.29 is 14.3 Å². The summed E-state index contributed by atoms with van der Waals surface area (Å²) >= 11 is 1.56. The van der Waals surface area contributed by atoms with E-state index in [9.17, 15) is 9.59 Å². The molecule has 3 N–H and O–H groups in total. The zero-order chi connectivity index (χ0) is 16.2. The van der Waals surface area contributed by atoms with Gasteiger partial charge >= 0.3 is 0 Å². The third-order valence-corrected chi connectivity index (χ3v) is 4.95. The number of fused-ring (bicyclic) bond motifs is 1. The first-order valence-corrected chi connectivity index (χ1v) is 8.38. The maximum absolute atomic E-state index is 12.4. The fraction of sp³-hybridized carbons (Fsp3) is 0.294. The molecule has 0 fully saturated rings. The van der Waals surface area contributed by atoms with Gasteiger partial charge in [-0.15, -0.1) is 11.3 Å². The van der Waals surface area contributed by atoms with Crippen LogP contribution in [-0.4, -0.2) is 18.4 Å². The number of carbonyl (C=O) groups is 2. The standard InChI is InChI=1S/C17H18N2O3S/c18-16(20)8-9-22-13-6-2-1-5-12(13)19-17(21)15-10-11-4-3-7-14(11)23-15/h1-2,5-6,10H,3-4,7-9H2,(H2,18,20)(H,19,21). The summed E-state index contributed by atoms with van der Waals surface area (Å²) in [5.41, 5.74) is 6.99. The summed E-state index contributed by atoms with van der Waals surface area (Å²) in [6, 6.07) is 9.16. The number of nitrogens with two attached hydrogens (primary N) is 1. The van der Waals surface area contributed by atoms with Gasteiger partial charge in [0.15, 0.2) is 0 Å². The molecule has 0 saturated carbocycles. The topological polar surface area (TPSA) is 81.4 Å². The fourth-order valence-electron chi connectivity index (χ4n) is 2.58. The molecular formula is C17H18N2O3S. The van der Waals surface area contributed by atoms with Crippen molar-refractivity contribution in [2.75, 3.05) is 11.9 Å². The predicted octanol–water partition coefficient (Wildman–Crippen LogP) is 2.74. The number of rotatable bonds is 6. The molecule has 3 rings (SSSR count). The highest BCUT2D eigenvalue weighted by molar-refractivity contribution is 7.14. The molecule has 2 aromatic rings. The van der Waals surface area contributed by atoms with E-state index in [0.29, 0.717) is 11.4 Å². The molecule has 0 bridgehead atoms. The molecule has 0 unspecified atom stereocenters. The van der Waals surface area contributed by atoms with Crippen LogP contribution in [0.1, 0.15) is 33.0 Å². The number of hydrogen-bond donors (Lipinski definition) is 2.